The summed E-state index contributed by atoms with van der Waals surface area (Å²) in [6.45, 7) is 3.76. The molecule has 0 heterocycles. The summed E-state index contributed by atoms with van der Waals surface area (Å²) in [4.78, 5) is 0. The quantitative estimate of drug-likeness (QED) is 0.720. The third-order valence-corrected chi connectivity index (χ3v) is 3.24. The lowest BCUT2D eigenvalue weighted by molar-refractivity contribution is 0.207. The molecule has 5 nitrogen and oxygen atoms in total. The number of nitrogens with two attached hydrogens (primary N) is 1. The first-order valence-corrected chi connectivity index (χ1v) is 7.63. The summed E-state index contributed by atoms with van der Waals surface area (Å²) < 4.78 is 22.2. The molecule has 0 aliphatic heterocycles. The van der Waals surface area contributed by atoms with Gasteiger partial charge in [0.1, 0.15) is 24.7 Å². The smallest absolute Gasteiger partial charge is 0.161 e. The van der Waals surface area contributed by atoms with Gasteiger partial charge in [-0.1, -0.05) is 18.2 Å². The van der Waals surface area contributed by atoms with Crippen LogP contribution in [0.25, 0.3) is 0 Å². The molecule has 0 saturated carbocycles. The predicted octanol–water partition coefficient (Wildman–Crippen LogP) is 3.01. The van der Waals surface area contributed by atoms with Crippen LogP contribution in [0, 0.1) is 0 Å². The van der Waals surface area contributed by atoms with Crippen molar-refractivity contribution in [1.82, 2.24) is 0 Å². The van der Waals surface area contributed by atoms with E-state index in [1.54, 1.807) is 7.11 Å². The number of ether oxygens (including phenoxy) is 4. The normalized spacial score (nSPS) is 10.2. The first kappa shape index (κ1) is 17.0. The van der Waals surface area contributed by atoms with Crippen LogP contribution in [-0.2, 0) is 6.54 Å². The molecule has 0 aliphatic carbocycles. The van der Waals surface area contributed by atoms with E-state index < -0.39 is 0 Å². The number of rotatable bonds is 9. The number of benzene rings is 2. The molecule has 0 unspecified atom stereocenters. The van der Waals surface area contributed by atoms with Crippen molar-refractivity contribution in [2.45, 2.75) is 13.5 Å². The average molecular weight is 317 g/mol. The predicted molar refractivity (Wildman–Crippen MR) is 89.5 cm³/mol. The Labute approximate surface area is 136 Å². The topological polar surface area (TPSA) is 62.9 Å². The van der Waals surface area contributed by atoms with E-state index in [9.17, 15) is 0 Å². The molecule has 23 heavy (non-hydrogen) atoms. The van der Waals surface area contributed by atoms with Gasteiger partial charge in [-0.2, -0.15) is 0 Å². The molecule has 2 aromatic rings. The molecule has 0 radical (unpaired) electrons. The van der Waals surface area contributed by atoms with Crippen LogP contribution in [0.4, 0.5) is 0 Å². The van der Waals surface area contributed by atoms with Gasteiger partial charge in [-0.15, -0.1) is 0 Å². The summed E-state index contributed by atoms with van der Waals surface area (Å²) >= 11 is 0. The molecule has 0 aromatic heterocycles. The van der Waals surface area contributed by atoms with Crippen molar-refractivity contribution < 1.29 is 18.9 Å². The van der Waals surface area contributed by atoms with Gasteiger partial charge >= 0.3 is 0 Å². The minimum absolute atomic E-state index is 0.403. The molecule has 0 amide bonds. The van der Waals surface area contributed by atoms with Crippen LogP contribution in [0.2, 0.25) is 0 Å². The SMILES string of the molecule is CCOc1ccccc1OCCOc1cc(OC)ccc1CN. The van der Waals surface area contributed by atoms with Crippen LogP contribution in [0.5, 0.6) is 23.0 Å². The lowest BCUT2D eigenvalue weighted by atomic mass is 10.2. The molecule has 2 N–H and O–H groups in total. The number of para-hydroxylation sites is 2. The molecule has 0 fully saturated rings. The highest BCUT2D eigenvalue weighted by molar-refractivity contribution is 5.41. The van der Waals surface area contributed by atoms with E-state index in [2.05, 4.69) is 0 Å². The van der Waals surface area contributed by atoms with E-state index in [1.165, 1.54) is 0 Å². The van der Waals surface area contributed by atoms with Crippen LogP contribution in [0.1, 0.15) is 12.5 Å². The minimum Gasteiger partial charge on any atom is -0.497 e. The maximum atomic E-state index is 5.77. The molecule has 5 heteroatoms. The van der Waals surface area contributed by atoms with Crippen molar-refractivity contribution in [2.75, 3.05) is 26.9 Å². The fraction of sp³-hybridized carbons (Fsp3) is 0.333. The fourth-order valence-electron chi connectivity index (χ4n) is 2.11. The summed E-state index contributed by atoms with van der Waals surface area (Å²) in [7, 11) is 1.62. The van der Waals surface area contributed by atoms with Gasteiger partial charge in [-0.25, -0.2) is 0 Å². The average Bonchev–Trinajstić information content (AvgIpc) is 2.60. The second kappa shape index (κ2) is 8.90. The zero-order valence-electron chi connectivity index (χ0n) is 13.6. The Morgan fingerprint density at radius 2 is 1.52 bits per heavy atom. The number of hydrogen-bond acceptors (Lipinski definition) is 5. The molecule has 0 bridgehead atoms. The first-order valence-electron chi connectivity index (χ1n) is 7.63. The van der Waals surface area contributed by atoms with E-state index in [1.807, 2.05) is 49.4 Å². The van der Waals surface area contributed by atoms with Gasteiger partial charge in [0.15, 0.2) is 11.5 Å². The molecule has 0 aliphatic rings. The van der Waals surface area contributed by atoms with E-state index >= 15 is 0 Å². The summed E-state index contributed by atoms with van der Waals surface area (Å²) in [5, 5.41) is 0. The number of hydrogen-bond donors (Lipinski definition) is 1. The zero-order valence-corrected chi connectivity index (χ0v) is 13.6. The summed E-state index contributed by atoms with van der Waals surface area (Å²) in [6.07, 6.45) is 0. The standard InChI is InChI=1S/C18H23NO4/c1-3-21-16-6-4-5-7-17(16)22-10-11-23-18-12-15(20-2)9-8-14(18)13-19/h4-9,12H,3,10-11,13,19H2,1-2H3. The van der Waals surface area contributed by atoms with Gasteiger partial charge in [0, 0.05) is 18.2 Å². The van der Waals surface area contributed by atoms with Crippen LogP contribution in [-0.4, -0.2) is 26.9 Å². The van der Waals surface area contributed by atoms with Gasteiger partial charge in [-0.3, -0.25) is 0 Å². The second-order valence-electron chi connectivity index (χ2n) is 4.75. The molecular formula is C18H23NO4. The third kappa shape index (κ3) is 4.79. The Morgan fingerprint density at radius 3 is 2.13 bits per heavy atom. The highest BCUT2D eigenvalue weighted by Gasteiger charge is 2.06. The molecule has 2 rings (SSSR count). The first-order chi connectivity index (χ1) is 11.3. The van der Waals surface area contributed by atoms with E-state index in [0.29, 0.717) is 37.9 Å². The van der Waals surface area contributed by atoms with Gasteiger partial charge in [0.25, 0.3) is 0 Å². The molecule has 0 spiro atoms. The molecular weight excluding hydrogens is 294 g/mol. The Kier molecular flexibility index (Phi) is 6.56. The highest BCUT2D eigenvalue weighted by Crippen LogP contribution is 2.27. The maximum absolute atomic E-state index is 5.77. The van der Waals surface area contributed by atoms with Crippen LogP contribution < -0.4 is 24.7 Å². The van der Waals surface area contributed by atoms with Crippen molar-refractivity contribution in [2.24, 2.45) is 5.73 Å². The van der Waals surface area contributed by atoms with Gasteiger partial charge < -0.3 is 24.7 Å². The second-order valence-corrected chi connectivity index (χ2v) is 4.75. The molecule has 124 valence electrons. The largest absolute Gasteiger partial charge is 0.497 e. The highest BCUT2D eigenvalue weighted by atomic mass is 16.5. The summed E-state index contributed by atoms with van der Waals surface area (Å²) in [5.41, 5.74) is 6.65. The Balaban J connectivity index is 1.91. The molecule has 0 atom stereocenters. The van der Waals surface area contributed by atoms with Crippen LogP contribution in [0.3, 0.4) is 0 Å². The van der Waals surface area contributed by atoms with Crippen molar-refractivity contribution >= 4 is 0 Å². The third-order valence-electron chi connectivity index (χ3n) is 3.24. The van der Waals surface area contributed by atoms with Crippen molar-refractivity contribution in [3.63, 3.8) is 0 Å². The van der Waals surface area contributed by atoms with Gasteiger partial charge in [-0.05, 0) is 25.1 Å². The van der Waals surface area contributed by atoms with Crippen LogP contribution >= 0.6 is 0 Å². The van der Waals surface area contributed by atoms with Gasteiger partial charge in [0.2, 0.25) is 0 Å². The Hall–Kier alpha value is -2.40. The van der Waals surface area contributed by atoms with Crippen molar-refractivity contribution in [3.8, 4) is 23.0 Å². The monoisotopic (exact) mass is 317 g/mol. The maximum Gasteiger partial charge on any atom is 0.161 e. The van der Waals surface area contributed by atoms with Crippen LogP contribution in [0.15, 0.2) is 42.5 Å². The molecule has 2 aromatic carbocycles. The molecule has 0 saturated heterocycles. The summed E-state index contributed by atoms with van der Waals surface area (Å²) in [6, 6.07) is 13.2. The zero-order chi connectivity index (χ0) is 16.5. The summed E-state index contributed by atoms with van der Waals surface area (Å²) in [5.74, 6) is 2.90. The van der Waals surface area contributed by atoms with Crippen molar-refractivity contribution in [1.29, 1.82) is 0 Å². The lowest BCUT2D eigenvalue weighted by Crippen LogP contribution is -2.11. The minimum atomic E-state index is 0.403. The van der Waals surface area contributed by atoms with Crippen molar-refractivity contribution in [3.05, 3.63) is 48.0 Å². The van der Waals surface area contributed by atoms with E-state index in [4.69, 9.17) is 24.7 Å². The Bertz CT molecular complexity index is 616. The lowest BCUT2D eigenvalue weighted by Gasteiger charge is -2.14. The van der Waals surface area contributed by atoms with E-state index in [-0.39, 0.29) is 0 Å². The van der Waals surface area contributed by atoms with Gasteiger partial charge in [0.05, 0.1) is 13.7 Å². The number of methoxy groups -OCH3 is 1. The Morgan fingerprint density at radius 1 is 0.870 bits per heavy atom. The van der Waals surface area contributed by atoms with E-state index in [0.717, 1.165) is 17.1 Å². The fourth-order valence-corrected chi connectivity index (χ4v) is 2.11.